The minimum absolute atomic E-state index is 0.0643. The number of nitrogens with two attached hydrogens (primary N) is 1. The molecule has 0 unspecified atom stereocenters. The van der Waals surface area contributed by atoms with Crippen LogP contribution >= 0.6 is 11.8 Å². The number of primary amides is 1. The topological polar surface area (TPSA) is 63.4 Å². The molecule has 2 amide bonds. The Morgan fingerprint density at radius 2 is 2.05 bits per heavy atom. The lowest BCUT2D eigenvalue weighted by atomic mass is 10.0. The number of piperidine rings is 1. The zero-order valence-corrected chi connectivity index (χ0v) is 12.2. The molecule has 2 N–H and O–H groups in total. The molecular weight excluding hydrogens is 298 g/mol. The van der Waals surface area contributed by atoms with Gasteiger partial charge in [0, 0.05) is 11.4 Å². The Morgan fingerprint density at radius 1 is 1.29 bits per heavy atom. The molecule has 0 radical (unpaired) electrons. The van der Waals surface area contributed by atoms with E-state index in [0.29, 0.717) is 17.9 Å². The van der Waals surface area contributed by atoms with Crippen molar-refractivity contribution in [3.05, 3.63) is 29.8 Å². The first-order valence-electron chi connectivity index (χ1n) is 6.65. The summed E-state index contributed by atoms with van der Waals surface area (Å²) in [4.78, 5) is 25.5. The van der Waals surface area contributed by atoms with Crippen LogP contribution in [0.2, 0.25) is 0 Å². The Hall–Kier alpha value is -1.63. The molecule has 4 nitrogen and oxygen atoms in total. The SMILES string of the molecule is NC(=O)[C@H]1CCCCN1C(=O)CSc1ccc(F)c(F)c1. The Bertz CT molecular complexity index is 554. The Kier molecular flexibility index (Phi) is 5.17. The number of likely N-dealkylation sites (tertiary alicyclic amines) is 1. The van der Waals surface area contributed by atoms with E-state index in [9.17, 15) is 18.4 Å². The van der Waals surface area contributed by atoms with Crippen molar-refractivity contribution in [1.29, 1.82) is 0 Å². The van der Waals surface area contributed by atoms with Gasteiger partial charge >= 0.3 is 0 Å². The quantitative estimate of drug-likeness (QED) is 0.864. The summed E-state index contributed by atoms with van der Waals surface area (Å²) in [5.74, 6) is -2.51. The first-order chi connectivity index (χ1) is 9.99. The molecule has 7 heteroatoms. The van der Waals surface area contributed by atoms with Gasteiger partial charge in [-0.3, -0.25) is 9.59 Å². The number of hydrogen-bond donors (Lipinski definition) is 1. The third-order valence-corrected chi connectivity index (χ3v) is 4.38. The normalized spacial score (nSPS) is 18.6. The molecule has 1 saturated heterocycles. The molecule has 1 aromatic rings. The first kappa shape index (κ1) is 15.8. The average molecular weight is 314 g/mol. The van der Waals surface area contributed by atoms with Gasteiger partial charge in [0.25, 0.3) is 0 Å². The van der Waals surface area contributed by atoms with E-state index in [1.54, 1.807) is 0 Å². The standard InChI is InChI=1S/C14H16F2N2O2S/c15-10-5-4-9(7-11(10)16)21-8-13(19)18-6-2-1-3-12(18)14(17)20/h4-5,7,12H,1-3,6,8H2,(H2,17,20)/t12-/m1/s1. The van der Waals surface area contributed by atoms with Gasteiger partial charge in [-0.15, -0.1) is 11.8 Å². The fourth-order valence-corrected chi connectivity index (χ4v) is 3.13. The van der Waals surface area contributed by atoms with Gasteiger partial charge in [-0.25, -0.2) is 8.78 Å². The maximum absolute atomic E-state index is 13.1. The van der Waals surface area contributed by atoms with Crippen LogP contribution in [0.25, 0.3) is 0 Å². The fourth-order valence-electron chi connectivity index (χ4n) is 2.32. The zero-order chi connectivity index (χ0) is 15.4. The summed E-state index contributed by atoms with van der Waals surface area (Å²) >= 11 is 1.11. The second-order valence-corrected chi connectivity index (χ2v) is 5.91. The summed E-state index contributed by atoms with van der Waals surface area (Å²) in [6, 6.07) is 2.93. The van der Waals surface area contributed by atoms with Gasteiger partial charge < -0.3 is 10.6 Å². The first-order valence-corrected chi connectivity index (χ1v) is 7.64. The van der Waals surface area contributed by atoms with Gasteiger partial charge in [-0.2, -0.15) is 0 Å². The molecule has 0 bridgehead atoms. The summed E-state index contributed by atoms with van der Waals surface area (Å²) in [7, 11) is 0. The lowest BCUT2D eigenvalue weighted by molar-refractivity contribution is -0.138. The summed E-state index contributed by atoms with van der Waals surface area (Å²) in [5, 5.41) is 0. The smallest absolute Gasteiger partial charge is 0.240 e. The van der Waals surface area contributed by atoms with E-state index in [-0.39, 0.29) is 11.7 Å². The van der Waals surface area contributed by atoms with E-state index in [1.807, 2.05) is 0 Å². The molecule has 0 spiro atoms. The lowest BCUT2D eigenvalue weighted by Gasteiger charge is -2.33. The zero-order valence-electron chi connectivity index (χ0n) is 11.4. The molecule has 2 rings (SSSR count). The summed E-state index contributed by atoms with van der Waals surface area (Å²) in [5.41, 5.74) is 5.31. The number of amides is 2. The van der Waals surface area contributed by atoms with E-state index in [0.717, 1.165) is 36.7 Å². The molecule has 21 heavy (non-hydrogen) atoms. The van der Waals surface area contributed by atoms with Crippen LogP contribution in [-0.4, -0.2) is 35.1 Å². The number of benzene rings is 1. The van der Waals surface area contributed by atoms with E-state index in [1.165, 1.54) is 11.0 Å². The van der Waals surface area contributed by atoms with Gasteiger partial charge in [0.05, 0.1) is 5.75 Å². The van der Waals surface area contributed by atoms with Crippen molar-refractivity contribution in [3.63, 3.8) is 0 Å². The third-order valence-electron chi connectivity index (χ3n) is 3.40. The van der Waals surface area contributed by atoms with Crippen LogP contribution in [0.15, 0.2) is 23.1 Å². The number of carbonyl (C=O) groups excluding carboxylic acids is 2. The Labute approximate surface area is 125 Å². The Balaban J connectivity index is 1.96. The van der Waals surface area contributed by atoms with E-state index < -0.39 is 23.6 Å². The highest BCUT2D eigenvalue weighted by molar-refractivity contribution is 8.00. The fraction of sp³-hybridized carbons (Fsp3) is 0.429. The van der Waals surface area contributed by atoms with E-state index in [4.69, 9.17) is 5.73 Å². The van der Waals surface area contributed by atoms with Gasteiger partial charge in [-0.1, -0.05) is 0 Å². The van der Waals surface area contributed by atoms with Crippen LogP contribution < -0.4 is 5.73 Å². The van der Waals surface area contributed by atoms with Crippen LogP contribution in [-0.2, 0) is 9.59 Å². The van der Waals surface area contributed by atoms with Crippen molar-refractivity contribution in [2.75, 3.05) is 12.3 Å². The maximum atomic E-state index is 13.1. The van der Waals surface area contributed by atoms with Crippen LogP contribution in [0, 0.1) is 11.6 Å². The van der Waals surface area contributed by atoms with Gasteiger partial charge in [0.1, 0.15) is 6.04 Å². The highest BCUT2D eigenvalue weighted by Crippen LogP contribution is 2.23. The number of hydrogen-bond acceptors (Lipinski definition) is 3. The number of carbonyl (C=O) groups is 2. The molecule has 1 heterocycles. The van der Waals surface area contributed by atoms with Gasteiger partial charge in [0.2, 0.25) is 11.8 Å². The van der Waals surface area contributed by atoms with Crippen LogP contribution in [0.5, 0.6) is 0 Å². The van der Waals surface area contributed by atoms with Gasteiger partial charge in [0.15, 0.2) is 11.6 Å². The van der Waals surface area contributed by atoms with E-state index in [2.05, 4.69) is 0 Å². The monoisotopic (exact) mass is 314 g/mol. The lowest BCUT2D eigenvalue weighted by Crippen LogP contribution is -2.51. The minimum Gasteiger partial charge on any atom is -0.368 e. The molecular formula is C14H16F2N2O2S. The number of rotatable bonds is 4. The minimum atomic E-state index is -0.944. The maximum Gasteiger partial charge on any atom is 0.240 e. The van der Waals surface area contributed by atoms with Crippen LogP contribution in [0.3, 0.4) is 0 Å². The van der Waals surface area contributed by atoms with Crippen molar-refractivity contribution < 1.29 is 18.4 Å². The van der Waals surface area contributed by atoms with Crippen LogP contribution in [0.1, 0.15) is 19.3 Å². The van der Waals surface area contributed by atoms with Gasteiger partial charge in [-0.05, 0) is 37.5 Å². The highest BCUT2D eigenvalue weighted by atomic mass is 32.2. The second kappa shape index (κ2) is 6.89. The third kappa shape index (κ3) is 3.93. The number of thioether (sulfide) groups is 1. The molecule has 0 saturated carbocycles. The number of nitrogens with zero attached hydrogens (tertiary/aromatic N) is 1. The molecule has 1 aliphatic rings. The van der Waals surface area contributed by atoms with E-state index >= 15 is 0 Å². The molecule has 1 aliphatic heterocycles. The van der Waals surface area contributed by atoms with Crippen molar-refractivity contribution >= 4 is 23.6 Å². The van der Waals surface area contributed by atoms with Crippen LogP contribution in [0.4, 0.5) is 8.78 Å². The van der Waals surface area contributed by atoms with Crippen molar-refractivity contribution in [2.24, 2.45) is 5.73 Å². The Morgan fingerprint density at radius 3 is 2.71 bits per heavy atom. The predicted molar refractivity (Wildman–Crippen MR) is 75.6 cm³/mol. The molecule has 0 aromatic heterocycles. The highest BCUT2D eigenvalue weighted by Gasteiger charge is 2.30. The largest absolute Gasteiger partial charge is 0.368 e. The van der Waals surface area contributed by atoms with Crippen molar-refractivity contribution in [3.8, 4) is 0 Å². The predicted octanol–water partition coefficient (Wildman–Crippen LogP) is 1.92. The summed E-state index contributed by atoms with van der Waals surface area (Å²) in [6.45, 7) is 0.505. The van der Waals surface area contributed by atoms with Crippen molar-refractivity contribution in [1.82, 2.24) is 4.90 Å². The summed E-state index contributed by atoms with van der Waals surface area (Å²) < 4.78 is 25.9. The molecule has 0 aliphatic carbocycles. The molecule has 1 atom stereocenters. The average Bonchev–Trinajstić information content (AvgIpc) is 2.48. The van der Waals surface area contributed by atoms with Crippen molar-refractivity contribution in [2.45, 2.75) is 30.2 Å². The molecule has 114 valence electrons. The second-order valence-electron chi connectivity index (χ2n) is 4.87. The number of halogens is 2. The molecule has 1 aromatic carbocycles. The summed E-state index contributed by atoms with van der Waals surface area (Å²) in [6.07, 6.45) is 2.29. The molecule has 1 fully saturated rings.